The molecule has 0 amide bonds. The number of hydrogen-bond donors (Lipinski definition) is 0. The standard InChI is InChI=1S/C14H22/c1-3-5-7-9-11-13-14-12-10-8-6-4-2/h3,5,7-11H,1,4,6,12-14H2,2H3/b7-5+,10-8+,11-9+. The van der Waals surface area contributed by atoms with Crippen molar-refractivity contribution >= 4 is 0 Å². The quantitative estimate of drug-likeness (QED) is 0.293. The molecule has 0 fully saturated rings. The Morgan fingerprint density at radius 2 is 1.57 bits per heavy atom. The summed E-state index contributed by atoms with van der Waals surface area (Å²) in [6, 6.07) is 0. The molecule has 0 aliphatic carbocycles. The van der Waals surface area contributed by atoms with E-state index < -0.39 is 0 Å². The van der Waals surface area contributed by atoms with Crippen LogP contribution in [0.4, 0.5) is 0 Å². The zero-order chi connectivity index (χ0) is 10.5. The Kier molecular flexibility index (Phi) is 11.1. The van der Waals surface area contributed by atoms with Crippen molar-refractivity contribution in [3.63, 3.8) is 0 Å². The van der Waals surface area contributed by atoms with Gasteiger partial charge in [0.15, 0.2) is 0 Å². The van der Waals surface area contributed by atoms with E-state index in [9.17, 15) is 0 Å². The van der Waals surface area contributed by atoms with Gasteiger partial charge in [-0.25, -0.2) is 0 Å². The molecule has 0 unspecified atom stereocenters. The Balaban J connectivity index is 3.24. The average Bonchev–Trinajstić information content (AvgIpc) is 2.21. The van der Waals surface area contributed by atoms with Crippen molar-refractivity contribution in [3.8, 4) is 0 Å². The Morgan fingerprint density at radius 1 is 0.857 bits per heavy atom. The Bertz CT molecular complexity index is 194. The summed E-state index contributed by atoms with van der Waals surface area (Å²) in [6.07, 6.45) is 20.7. The van der Waals surface area contributed by atoms with Gasteiger partial charge in [0, 0.05) is 0 Å². The fourth-order valence-corrected chi connectivity index (χ4v) is 1.07. The summed E-state index contributed by atoms with van der Waals surface area (Å²) >= 11 is 0. The minimum absolute atomic E-state index is 1.16. The third kappa shape index (κ3) is 11.0. The van der Waals surface area contributed by atoms with Crippen LogP contribution < -0.4 is 0 Å². The van der Waals surface area contributed by atoms with Gasteiger partial charge in [-0.3, -0.25) is 0 Å². The molecule has 0 spiro atoms. The molecule has 78 valence electrons. The molecule has 0 radical (unpaired) electrons. The van der Waals surface area contributed by atoms with E-state index in [-0.39, 0.29) is 0 Å². The van der Waals surface area contributed by atoms with E-state index in [1.807, 2.05) is 12.2 Å². The highest BCUT2D eigenvalue weighted by Crippen LogP contribution is 1.99. The van der Waals surface area contributed by atoms with Crippen molar-refractivity contribution in [2.24, 2.45) is 0 Å². The van der Waals surface area contributed by atoms with Crippen molar-refractivity contribution < 1.29 is 0 Å². The van der Waals surface area contributed by atoms with E-state index >= 15 is 0 Å². The third-order valence-corrected chi connectivity index (χ3v) is 1.86. The molecule has 0 aromatic heterocycles. The van der Waals surface area contributed by atoms with Gasteiger partial charge in [-0.05, 0) is 25.7 Å². The number of hydrogen-bond acceptors (Lipinski definition) is 0. The van der Waals surface area contributed by atoms with E-state index in [0.29, 0.717) is 0 Å². The lowest BCUT2D eigenvalue weighted by Crippen LogP contribution is -1.69. The first-order valence-corrected chi connectivity index (χ1v) is 5.51. The molecule has 0 atom stereocenters. The van der Waals surface area contributed by atoms with Crippen LogP contribution >= 0.6 is 0 Å². The van der Waals surface area contributed by atoms with Crippen LogP contribution in [0.2, 0.25) is 0 Å². The predicted molar refractivity (Wildman–Crippen MR) is 66.4 cm³/mol. The van der Waals surface area contributed by atoms with Crippen molar-refractivity contribution in [2.75, 3.05) is 0 Å². The summed E-state index contributed by atoms with van der Waals surface area (Å²) in [7, 11) is 0. The van der Waals surface area contributed by atoms with Crippen LogP contribution in [0.15, 0.2) is 49.1 Å². The molecule has 0 saturated carbocycles. The summed E-state index contributed by atoms with van der Waals surface area (Å²) in [5.41, 5.74) is 0. The molecular formula is C14H22. The molecule has 0 rings (SSSR count). The van der Waals surface area contributed by atoms with Crippen LogP contribution in [0, 0.1) is 0 Å². The Labute approximate surface area is 88.7 Å². The van der Waals surface area contributed by atoms with Crippen LogP contribution in [-0.4, -0.2) is 0 Å². The molecule has 0 saturated heterocycles. The first-order valence-electron chi connectivity index (χ1n) is 5.51. The van der Waals surface area contributed by atoms with Gasteiger partial charge in [0.1, 0.15) is 0 Å². The Hall–Kier alpha value is -1.04. The highest BCUT2D eigenvalue weighted by molar-refractivity contribution is 5.08. The number of rotatable bonds is 8. The number of allylic oxidation sites excluding steroid dienone is 7. The molecule has 0 bridgehead atoms. The second kappa shape index (κ2) is 12.0. The summed E-state index contributed by atoms with van der Waals surface area (Å²) < 4.78 is 0. The molecule has 0 heterocycles. The molecule has 0 aromatic rings. The number of unbranched alkanes of at least 4 members (excludes halogenated alkanes) is 3. The summed E-state index contributed by atoms with van der Waals surface area (Å²) in [5, 5.41) is 0. The van der Waals surface area contributed by atoms with E-state index in [1.165, 1.54) is 25.7 Å². The molecule has 0 aromatic carbocycles. The lowest BCUT2D eigenvalue weighted by Gasteiger charge is -1.89. The summed E-state index contributed by atoms with van der Waals surface area (Å²) in [6.45, 7) is 5.81. The minimum atomic E-state index is 1.16. The first-order chi connectivity index (χ1) is 6.91. The lowest BCUT2D eigenvalue weighted by atomic mass is 10.2. The highest BCUT2D eigenvalue weighted by atomic mass is 13.9. The van der Waals surface area contributed by atoms with Crippen LogP contribution in [0.1, 0.15) is 39.0 Å². The van der Waals surface area contributed by atoms with Gasteiger partial charge >= 0.3 is 0 Å². The molecule has 0 N–H and O–H groups in total. The molecule has 0 aliphatic rings. The van der Waals surface area contributed by atoms with Gasteiger partial charge in [0.25, 0.3) is 0 Å². The fourth-order valence-electron chi connectivity index (χ4n) is 1.07. The molecule has 14 heavy (non-hydrogen) atoms. The molecule has 0 heteroatoms. The normalized spacial score (nSPS) is 12.1. The van der Waals surface area contributed by atoms with Gasteiger partial charge in [0.2, 0.25) is 0 Å². The SMILES string of the molecule is C=C/C=C/C=C/CCC/C=C/CCC. The van der Waals surface area contributed by atoms with Crippen molar-refractivity contribution in [1.29, 1.82) is 0 Å². The van der Waals surface area contributed by atoms with E-state index in [2.05, 4.69) is 37.8 Å². The zero-order valence-corrected chi connectivity index (χ0v) is 9.28. The van der Waals surface area contributed by atoms with E-state index in [1.54, 1.807) is 6.08 Å². The first kappa shape index (κ1) is 13.0. The van der Waals surface area contributed by atoms with Crippen molar-refractivity contribution in [2.45, 2.75) is 39.0 Å². The maximum absolute atomic E-state index is 3.61. The van der Waals surface area contributed by atoms with Gasteiger partial charge in [-0.15, -0.1) is 0 Å². The Morgan fingerprint density at radius 3 is 2.29 bits per heavy atom. The van der Waals surface area contributed by atoms with Crippen LogP contribution in [0.25, 0.3) is 0 Å². The zero-order valence-electron chi connectivity index (χ0n) is 9.28. The largest absolute Gasteiger partial charge is 0.0991 e. The highest BCUT2D eigenvalue weighted by Gasteiger charge is 1.79. The lowest BCUT2D eigenvalue weighted by molar-refractivity contribution is 0.859. The van der Waals surface area contributed by atoms with E-state index in [0.717, 1.165) is 6.42 Å². The monoisotopic (exact) mass is 190 g/mol. The maximum Gasteiger partial charge on any atom is -0.0345 e. The summed E-state index contributed by atoms with van der Waals surface area (Å²) in [5.74, 6) is 0. The van der Waals surface area contributed by atoms with Crippen LogP contribution in [-0.2, 0) is 0 Å². The second-order valence-electron chi connectivity index (χ2n) is 3.24. The topological polar surface area (TPSA) is 0 Å². The predicted octanol–water partition coefficient (Wildman–Crippen LogP) is 4.81. The second-order valence-corrected chi connectivity index (χ2v) is 3.24. The van der Waals surface area contributed by atoms with Crippen molar-refractivity contribution in [3.05, 3.63) is 49.1 Å². The van der Waals surface area contributed by atoms with Gasteiger partial charge in [-0.2, -0.15) is 0 Å². The van der Waals surface area contributed by atoms with E-state index in [4.69, 9.17) is 0 Å². The van der Waals surface area contributed by atoms with Crippen molar-refractivity contribution in [1.82, 2.24) is 0 Å². The minimum Gasteiger partial charge on any atom is -0.0991 e. The van der Waals surface area contributed by atoms with Gasteiger partial charge in [-0.1, -0.05) is 62.5 Å². The molecule has 0 nitrogen and oxygen atoms in total. The molecule has 0 aliphatic heterocycles. The molecular weight excluding hydrogens is 168 g/mol. The van der Waals surface area contributed by atoms with Crippen LogP contribution in [0.5, 0.6) is 0 Å². The van der Waals surface area contributed by atoms with Gasteiger partial charge < -0.3 is 0 Å². The van der Waals surface area contributed by atoms with Gasteiger partial charge in [0.05, 0.1) is 0 Å². The maximum atomic E-state index is 3.61. The fraction of sp³-hybridized carbons (Fsp3) is 0.429. The average molecular weight is 190 g/mol. The smallest absolute Gasteiger partial charge is 0.0345 e. The third-order valence-electron chi connectivity index (χ3n) is 1.86. The van der Waals surface area contributed by atoms with Crippen LogP contribution in [0.3, 0.4) is 0 Å². The summed E-state index contributed by atoms with van der Waals surface area (Å²) in [4.78, 5) is 0.